The molecule has 0 saturated heterocycles. The molecule has 2 aromatic rings. The number of benzene rings is 1. The predicted molar refractivity (Wildman–Crippen MR) is 68.7 cm³/mol. The maximum atomic E-state index is 12.1. The van der Waals surface area contributed by atoms with E-state index in [-0.39, 0.29) is 17.3 Å². The molecule has 0 radical (unpaired) electrons. The molecule has 7 nitrogen and oxygen atoms in total. The average Bonchev–Trinajstić information content (AvgIpc) is 2.76. The van der Waals surface area contributed by atoms with E-state index in [0.29, 0.717) is 17.1 Å². The first-order valence-corrected chi connectivity index (χ1v) is 7.02. The van der Waals surface area contributed by atoms with Gasteiger partial charge in [-0.2, -0.15) is 4.98 Å². The lowest BCUT2D eigenvalue weighted by atomic mass is 10.2. The highest BCUT2D eigenvalue weighted by Crippen LogP contribution is 2.18. The Hall–Kier alpha value is -1.93. The summed E-state index contributed by atoms with van der Waals surface area (Å²) in [5, 5.41) is 3.61. The third-order valence-electron chi connectivity index (χ3n) is 2.49. The number of hydrogen-bond donors (Lipinski definition) is 2. The van der Waals surface area contributed by atoms with Crippen molar-refractivity contribution in [2.75, 3.05) is 5.73 Å². The van der Waals surface area contributed by atoms with Crippen LogP contribution in [0.3, 0.4) is 0 Å². The summed E-state index contributed by atoms with van der Waals surface area (Å²) in [6, 6.07) is 4.72. The molecular formula is C11H14N4O3S. The highest BCUT2D eigenvalue weighted by molar-refractivity contribution is 7.89. The van der Waals surface area contributed by atoms with E-state index in [2.05, 4.69) is 14.9 Å². The topological polar surface area (TPSA) is 111 Å². The summed E-state index contributed by atoms with van der Waals surface area (Å²) in [7, 11) is -3.65. The van der Waals surface area contributed by atoms with Crippen molar-refractivity contribution in [3.05, 3.63) is 35.5 Å². The van der Waals surface area contributed by atoms with Crippen LogP contribution in [0.2, 0.25) is 0 Å². The van der Waals surface area contributed by atoms with E-state index < -0.39 is 10.0 Å². The van der Waals surface area contributed by atoms with Crippen LogP contribution in [0.4, 0.5) is 5.69 Å². The van der Waals surface area contributed by atoms with E-state index in [9.17, 15) is 8.42 Å². The Bertz CT molecular complexity index is 694. The van der Waals surface area contributed by atoms with Crippen LogP contribution in [-0.4, -0.2) is 18.6 Å². The zero-order valence-electron chi connectivity index (χ0n) is 10.5. The Balaban J connectivity index is 2.20. The third kappa shape index (κ3) is 3.09. The van der Waals surface area contributed by atoms with Crippen LogP contribution >= 0.6 is 0 Å². The fourth-order valence-corrected chi connectivity index (χ4v) is 2.81. The number of nitrogens with two attached hydrogens (primary N) is 1. The van der Waals surface area contributed by atoms with Crippen LogP contribution < -0.4 is 10.5 Å². The quantitative estimate of drug-likeness (QED) is 0.800. The molecule has 0 bridgehead atoms. The Morgan fingerprint density at radius 3 is 2.74 bits per heavy atom. The first-order chi connectivity index (χ1) is 8.88. The van der Waals surface area contributed by atoms with E-state index in [0.717, 1.165) is 0 Å². The fourth-order valence-electron chi connectivity index (χ4n) is 1.56. The lowest BCUT2D eigenvalue weighted by Crippen LogP contribution is -2.24. The number of rotatable bonds is 4. The zero-order chi connectivity index (χ0) is 14.0. The summed E-state index contributed by atoms with van der Waals surface area (Å²) in [6.07, 6.45) is 0. The average molecular weight is 282 g/mol. The Morgan fingerprint density at radius 2 is 2.11 bits per heavy atom. The summed E-state index contributed by atoms with van der Waals surface area (Å²) in [5.41, 5.74) is 6.61. The van der Waals surface area contributed by atoms with Crippen LogP contribution in [0.1, 0.15) is 17.3 Å². The molecule has 0 unspecified atom stereocenters. The molecule has 8 heteroatoms. The molecule has 0 aliphatic carbocycles. The number of aryl methyl sites for hydroxylation is 2. The maximum absolute atomic E-state index is 12.1. The molecule has 1 aromatic heterocycles. The van der Waals surface area contributed by atoms with E-state index in [1.54, 1.807) is 26.0 Å². The van der Waals surface area contributed by atoms with Crippen LogP contribution in [0.15, 0.2) is 27.6 Å². The lowest BCUT2D eigenvalue weighted by molar-refractivity contribution is 0.387. The van der Waals surface area contributed by atoms with Crippen molar-refractivity contribution in [1.29, 1.82) is 0 Å². The van der Waals surface area contributed by atoms with Gasteiger partial charge in [0.15, 0.2) is 5.82 Å². The molecule has 102 valence electrons. The minimum atomic E-state index is -3.65. The highest BCUT2D eigenvalue weighted by atomic mass is 32.2. The summed E-state index contributed by atoms with van der Waals surface area (Å²) in [4.78, 5) is 4.06. The first kappa shape index (κ1) is 13.5. The van der Waals surface area contributed by atoms with Gasteiger partial charge >= 0.3 is 0 Å². The van der Waals surface area contributed by atoms with Crippen LogP contribution in [0.25, 0.3) is 0 Å². The molecule has 19 heavy (non-hydrogen) atoms. The molecule has 0 spiro atoms. The lowest BCUT2D eigenvalue weighted by Gasteiger charge is -2.08. The Morgan fingerprint density at radius 1 is 1.37 bits per heavy atom. The van der Waals surface area contributed by atoms with Gasteiger partial charge in [-0.25, -0.2) is 13.1 Å². The monoisotopic (exact) mass is 282 g/mol. The van der Waals surface area contributed by atoms with Gasteiger partial charge in [-0.1, -0.05) is 11.2 Å². The second-order valence-corrected chi connectivity index (χ2v) is 5.81. The summed E-state index contributed by atoms with van der Waals surface area (Å²) in [5.74, 6) is 0.664. The van der Waals surface area contributed by atoms with Gasteiger partial charge in [0.2, 0.25) is 15.9 Å². The van der Waals surface area contributed by atoms with Gasteiger partial charge in [0.1, 0.15) is 0 Å². The van der Waals surface area contributed by atoms with Crippen LogP contribution in [0, 0.1) is 13.8 Å². The molecule has 0 amide bonds. The van der Waals surface area contributed by atoms with Crippen molar-refractivity contribution in [2.45, 2.75) is 25.3 Å². The van der Waals surface area contributed by atoms with E-state index in [4.69, 9.17) is 10.3 Å². The summed E-state index contributed by atoms with van der Waals surface area (Å²) < 4.78 is 31.4. The molecule has 0 aliphatic heterocycles. The van der Waals surface area contributed by atoms with Crippen molar-refractivity contribution in [3.8, 4) is 0 Å². The summed E-state index contributed by atoms with van der Waals surface area (Å²) >= 11 is 0. The summed E-state index contributed by atoms with van der Waals surface area (Å²) in [6.45, 7) is 3.30. The number of nitrogens with zero attached hydrogens (tertiary/aromatic N) is 2. The van der Waals surface area contributed by atoms with Crippen molar-refractivity contribution in [1.82, 2.24) is 14.9 Å². The van der Waals surface area contributed by atoms with E-state index >= 15 is 0 Å². The van der Waals surface area contributed by atoms with Crippen LogP contribution in [0.5, 0.6) is 0 Å². The van der Waals surface area contributed by atoms with Gasteiger partial charge < -0.3 is 10.3 Å². The van der Waals surface area contributed by atoms with E-state index in [1.165, 1.54) is 6.07 Å². The molecule has 0 aliphatic rings. The largest absolute Gasteiger partial charge is 0.399 e. The van der Waals surface area contributed by atoms with E-state index in [1.807, 2.05) is 0 Å². The molecule has 0 fully saturated rings. The number of anilines is 1. The predicted octanol–water partition coefficient (Wildman–Crippen LogP) is 0.747. The molecular weight excluding hydrogens is 268 g/mol. The Kier molecular flexibility index (Phi) is 3.54. The molecule has 1 heterocycles. The molecule has 0 atom stereocenters. The first-order valence-electron chi connectivity index (χ1n) is 5.53. The molecule has 1 aromatic carbocycles. The smallest absolute Gasteiger partial charge is 0.241 e. The third-order valence-corrected chi connectivity index (χ3v) is 4.03. The second-order valence-electron chi connectivity index (χ2n) is 4.08. The number of aromatic nitrogens is 2. The van der Waals surface area contributed by atoms with Crippen molar-refractivity contribution in [2.24, 2.45) is 0 Å². The zero-order valence-corrected chi connectivity index (χ0v) is 11.4. The SMILES string of the molecule is Cc1nc(CNS(=O)(=O)c2cc(N)ccc2C)no1. The van der Waals surface area contributed by atoms with Gasteiger partial charge in [-0.15, -0.1) is 0 Å². The second kappa shape index (κ2) is 4.98. The van der Waals surface area contributed by atoms with Crippen molar-refractivity contribution >= 4 is 15.7 Å². The highest BCUT2D eigenvalue weighted by Gasteiger charge is 2.17. The Labute approximate surface area is 110 Å². The minimum Gasteiger partial charge on any atom is -0.399 e. The van der Waals surface area contributed by atoms with Gasteiger partial charge in [0.05, 0.1) is 11.4 Å². The number of nitrogen functional groups attached to an aromatic ring is 1. The number of sulfonamides is 1. The van der Waals surface area contributed by atoms with Gasteiger partial charge in [0, 0.05) is 12.6 Å². The molecule has 0 saturated carbocycles. The van der Waals surface area contributed by atoms with Gasteiger partial charge in [-0.05, 0) is 24.6 Å². The van der Waals surface area contributed by atoms with Crippen molar-refractivity contribution < 1.29 is 12.9 Å². The maximum Gasteiger partial charge on any atom is 0.241 e. The van der Waals surface area contributed by atoms with Crippen LogP contribution in [-0.2, 0) is 16.6 Å². The minimum absolute atomic E-state index is 0.0338. The normalized spacial score (nSPS) is 11.7. The molecule has 2 rings (SSSR count). The van der Waals surface area contributed by atoms with Crippen molar-refractivity contribution in [3.63, 3.8) is 0 Å². The standard InChI is InChI=1S/C11H14N4O3S/c1-7-3-4-9(12)5-10(7)19(16,17)13-6-11-14-8(2)18-15-11/h3-5,13H,6,12H2,1-2H3. The number of hydrogen-bond acceptors (Lipinski definition) is 6. The van der Waals surface area contributed by atoms with Gasteiger partial charge in [0.25, 0.3) is 0 Å². The molecule has 3 N–H and O–H groups in total. The van der Waals surface area contributed by atoms with Gasteiger partial charge in [-0.3, -0.25) is 0 Å². The fraction of sp³-hybridized carbons (Fsp3) is 0.273. The number of nitrogens with one attached hydrogen (secondary N) is 1.